The number of hydrogen-bond donors (Lipinski definition) is 2. The van der Waals surface area contributed by atoms with Crippen LogP contribution in [0.25, 0.3) is 0 Å². The average molecular weight is 279 g/mol. The molecule has 2 N–H and O–H groups in total. The first-order chi connectivity index (χ1) is 9.51. The van der Waals surface area contributed by atoms with E-state index in [0.29, 0.717) is 18.8 Å². The molecule has 0 atom stereocenters. The SMILES string of the molecule is Cn1nc(B(O)O)cc(N2CCOCC3(CC3)C2)c1=O. The van der Waals surface area contributed by atoms with Crippen LogP contribution in [0.4, 0.5) is 5.69 Å². The first-order valence-electron chi connectivity index (χ1n) is 6.78. The number of ether oxygens (including phenoxy) is 1. The van der Waals surface area contributed by atoms with Gasteiger partial charge in [0.05, 0.1) is 18.8 Å². The van der Waals surface area contributed by atoms with Crippen molar-refractivity contribution in [2.45, 2.75) is 12.8 Å². The molecule has 0 aromatic carbocycles. The van der Waals surface area contributed by atoms with Crippen molar-refractivity contribution in [3.05, 3.63) is 16.4 Å². The van der Waals surface area contributed by atoms with Crippen molar-refractivity contribution < 1.29 is 14.8 Å². The van der Waals surface area contributed by atoms with Gasteiger partial charge in [-0.15, -0.1) is 0 Å². The van der Waals surface area contributed by atoms with E-state index < -0.39 is 7.12 Å². The second-order valence-electron chi connectivity index (χ2n) is 5.73. The fourth-order valence-electron chi connectivity index (χ4n) is 2.65. The summed E-state index contributed by atoms with van der Waals surface area (Å²) in [5, 5.41) is 22.4. The molecule has 1 aromatic heterocycles. The standard InChI is InChI=1S/C12H18BN3O4/c1-15-11(17)9(6-10(14-15)13(18)19)16-4-5-20-8-12(7-16)2-3-12/h6,18-19H,2-5,7-8H2,1H3. The molecule has 1 spiro atoms. The van der Waals surface area contributed by atoms with Gasteiger partial charge in [-0.2, -0.15) is 5.10 Å². The van der Waals surface area contributed by atoms with Gasteiger partial charge >= 0.3 is 7.12 Å². The van der Waals surface area contributed by atoms with Crippen LogP contribution in [-0.4, -0.2) is 53.3 Å². The molecule has 3 rings (SSSR count). The molecule has 108 valence electrons. The number of aryl methyl sites for hydroxylation is 1. The Morgan fingerprint density at radius 2 is 2.20 bits per heavy atom. The van der Waals surface area contributed by atoms with Gasteiger partial charge in [0.25, 0.3) is 5.56 Å². The summed E-state index contributed by atoms with van der Waals surface area (Å²) in [4.78, 5) is 14.2. The minimum Gasteiger partial charge on any atom is -0.422 e. The number of hydrogen-bond acceptors (Lipinski definition) is 6. The first kappa shape index (κ1) is 13.6. The molecular formula is C12H18BN3O4. The van der Waals surface area contributed by atoms with Gasteiger partial charge in [-0.05, 0) is 18.9 Å². The molecule has 2 heterocycles. The summed E-state index contributed by atoms with van der Waals surface area (Å²) in [6, 6.07) is 1.47. The van der Waals surface area contributed by atoms with Crippen molar-refractivity contribution in [2.75, 3.05) is 31.2 Å². The van der Waals surface area contributed by atoms with Crippen LogP contribution >= 0.6 is 0 Å². The number of rotatable bonds is 2. The van der Waals surface area contributed by atoms with Crippen molar-refractivity contribution in [2.24, 2.45) is 12.5 Å². The van der Waals surface area contributed by atoms with Crippen molar-refractivity contribution >= 4 is 18.4 Å². The van der Waals surface area contributed by atoms with Crippen LogP contribution in [0.15, 0.2) is 10.9 Å². The van der Waals surface area contributed by atoms with E-state index in [9.17, 15) is 14.8 Å². The third-order valence-electron chi connectivity index (χ3n) is 4.07. The van der Waals surface area contributed by atoms with Crippen molar-refractivity contribution in [3.63, 3.8) is 0 Å². The summed E-state index contributed by atoms with van der Waals surface area (Å²) in [5.74, 6) is 0. The van der Waals surface area contributed by atoms with Gasteiger partial charge in [-0.3, -0.25) is 4.79 Å². The second kappa shape index (κ2) is 4.87. The Morgan fingerprint density at radius 3 is 2.85 bits per heavy atom. The number of nitrogens with zero attached hydrogens (tertiary/aromatic N) is 3. The van der Waals surface area contributed by atoms with Crippen LogP contribution < -0.4 is 16.1 Å². The highest BCUT2D eigenvalue weighted by molar-refractivity contribution is 6.57. The Labute approximate surface area is 116 Å². The van der Waals surface area contributed by atoms with Crippen molar-refractivity contribution in [1.29, 1.82) is 0 Å². The van der Waals surface area contributed by atoms with E-state index in [-0.39, 0.29) is 16.6 Å². The summed E-state index contributed by atoms with van der Waals surface area (Å²) >= 11 is 0. The van der Waals surface area contributed by atoms with E-state index in [2.05, 4.69) is 5.10 Å². The first-order valence-corrected chi connectivity index (χ1v) is 6.78. The topological polar surface area (TPSA) is 87.8 Å². The molecule has 1 aliphatic carbocycles. The van der Waals surface area contributed by atoms with Crippen LogP contribution in [0.1, 0.15) is 12.8 Å². The molecule has 2 aliphatic rings. The van der Waals surface area contributed by atoms with Gasteiger partial charge in [0.15, 0.2) is 0 Å². The minimum absolute atomic E-state index is 0.0807. The van der Waals surface area contributed by atoms with Crippen molar-refractivity contribution in [3.8, 4) is 0 Å². The Balaban J connectivity index is 1.97. The van der Waals surface area contributed by atoms with E-state index in [1.807, 2.05) is 4.90 Å². The van der Waals surface area contributed by atoms with E-state index in [0.717, 1.165) is 30.7 Å². The number of aromatic nitrogens is 2. The molecular weight excluding hydrogens is 261 g/mol. The molecule has 1 saturated heterocycles. The average Bonchev–Trinajstić information content (AvgIpc) is 3.20. The predicted octanol–water partition coefficient (Wildman–Crippen LogP) is -1.92. The third-order valence-corrected chi connectivity index (χ3v) is 4.07. The maximum atomic E-state index is 12.2. The zero-order valence-corrected chi connectivity index (χ0v) is 11.4. The van der Waals surface area contributed by atoms with Gasteiger partial charge in [-0.1, -0.05) is 0 Å². The number of anilines is 1. The van der Waals surface area contributed by atoms with E-state index in [1.54, 1.807) is 0 Å². The van der Waals surface area contributed by atoms with Crippen LogP contribution in [0.5, 0.6) is 0 Å². The van der Waals surface area contributed by atoms with Gasteiger partial charge in [0.1, 0.15) is 5.69 Å². The smallest absolute Gasteiger partial charge is 0.422 e. The molecule has 0 radical (unpaired) electrons. The maximum Gasteiger partial charge on any atom is 0.510 e. The van der Waals surface area contributed by atoms with Crippen LogP contribution in [0, 0.1) is 5.41 Å². The zero-order chi connectivity index (χ0) is 14.3. The lowest BCUT2D eigenvalue weighted by Crippen LogP contribution is -2.43. The minimum atomic E-state index is -1.68. The fraction of sp³-hybridized carbons (Fsp3) is 0.667. The van der Waals surface area contributed by atoms with Gasteiger partial charge in [0, 0.05) is 25.6 Å². The van der Waals surface area contributed by atoms with E-state index in [1.165, 1.54) is 13.1 Å². The molecule has 0 unspecified atom stereocenters. The summed E-state index contributed by atoms with van der Waals surface area (Å²) in [6.45, 7) is 2.71. The normalized spacial score (nSPS) is 20.9. The summed E-state index contributed by atoms with van der Waals surface area (Å²) in [6.07, 6.45) is 2.23. The molecule has 1 aliphatic heterocycles. The van der Waals surface area contributed by atoms with Gasteiger partial charge < -0.3 is 19.7 Å². The third kappa shape index (κ3) is 2.46. The summed E-state index contributed by atoms with van der Waals surface area (Å²) in [7, 11) is -0.169. The Kier molecular flexibility index (Phi) is 3.31. The maximum absolute atomic E-state index is 12.2. The summed E-state index contributed by atoms with van der Waals surface area (Å²) in [5.41, 5.74) is 0.481. The lowest BCUT2D eigenvalue weighted by Gasteiger charge is -2.25. The lowest BCUT2D eigenvalue weighted by atomic mass is 9.86. The summed E-state index contributed by atoms with van der Waals surface area (Å²) < 4.78 is 6.76. The molecule has 8 heteroatoms. The Morgan fingerprint density at radius 1 is 1.45 bits per heavy atom. The highest BCUT2D eigenvalue weighted by atomic mass is 16.5. The van der Waals surface area contributed by atoms with E-state index >= 15 is 0 Å². The van der Waals surface area contributed by atoms with E-state index in [4.69, 9.17) is 4.74 Å². The Hall–Kier alpha value is -1.38. The monoisotopic (exact) mass is 279 g/mol. The molecule has 2 fully saturated rings. The highest BCUT2D eigenvalue weighted by Gasteiger charge is 2.45. The molecule has 0 bridgehead atoms. The molecule has 1 saturated carbocycles. The zero-order valence-electron chi connectivity index (χ0n) is 11.4. The highest BCUT2D eigenvalue weighted by Crippen LogP contribution is 2.47. The molecule has 7 nitrogen and oxygen atoms in total. The van der Waals surface area contributed by atoms with Crippen LogP contribution in [0.3, 0.4) is 0 Å². The van der Waals surface area contributed by atoms with Crippen molar-refractivity contribution in [1.82, 2.24) is 9.78 Å². The quantitative estimate of drug-likeness (QED) is 0.613. The molecule has 20 heavy (non-hydrogen) atoms. The largest absolute Gasteiger partial charge is 0.510 e. The fourth-order valence-corrected chi connectivity index (χ4v) is 2.65. The lowest BCUT2D eigenvalue weighted by molar-refractivity contribution is 0.116. The molecule has 1 aromatic rings. The van der Waals surface area contributed by atoms with Crippen LogP contribution in [0.2, 0.25) is 0 Å². The molecule has 0 amide bonds. The van der Waals surface area contributed by atoms with Crippen LogP contribution in [-0.2, 0) is 11.8 Å². The predicted molar refractivity (Wildman–Crippen MR) is 74.0 cm³/mol. The second-order valence-corrected chi connectivity index (χ2v) is 5.73. The van der Waals surface area contributed by atoms with Gasteiger partial charge in [0.2, 0.25) is 0 Å². The Bertz CT molecular complexity index is 570. The van der Waals surface area contributed by atoms with Gasteiger partial charge in [-0.25, -0.2) is 4.68 Å².